The number of carbonyl (C=O) groups is 2. The normalized spacial score (nSPS) is 15.4. The van der Waals surface area contributed by atoms with Crippen LogP contribution in [-0.4, -0.2) is 55.1 Å². The van der Waals surface area contributed by atoms with E-state index in [4.69, 9.17) is 4.42 Å². The number of hydrogen-bond acceptors (Lipinski definition) is 4. The lowest BCUT2D eigenvalue weighted by Gasteiger charge is -2.33. The van der Waals surface area contributed by atoms with Crippen molar-refractivity contribution < 1.29 is 18.7 Å². The molecule has 1 aliphatic heterocycles. The van der Waals surface area contributed by atoms with Crippen molar-refractivity contribution in [1.29, 1.82) is 0 Å². The number of hydrogen-bond donors (Lipinski definition) is 0. The van der Waals surface area contributed by atoms with Gasteiger partial charge in [-0.25, -0.2) is 4.79 Å². The van der Waals surface area contributed by atoms with E-state index < -0.39 is 0 Å². The van der Waals surface area contributed by atoms with Gasteiger partial charge in [-0.1, -0.05) is 0 Å². The van der Waals surface area contributed by atoms with Gasteiger partial charge in [0.2, 0.25) is 5.91 Å². The monoisotopic (exact) mass is 266 g/mol. The topological polar surface area (TPSA) is 63.0 Å². The second kappa shape index (κ2) is 6.26. The molecule has 0 unspecified atom stereocenters. The molecule has 2 heterocycles. The Hall–Kier alpha value is -1.98. The van der Waals surface area contributed by atoms with Crippen LogP contribution in [0.5, 0.6) is 0 Å². The van der Waals surface area contributed by atoms with Crippen LogP contribution in [0.2, 0.25) is 0 Å². The first-order valence-corrected chi connectivity index (χ1v) is 6.34. The van der Waals surface area contributed by atoms with Crippen LogP contribution in [0.3, 0.4) is 0 Å². The van der Waals surface area contributed by atoms with Gasteiger partial charge in [-0.15, -0.1) is 0 Å². The zero-order valence-electron chi connectivity index (χ0n) is 11.0. The van der Waals surface area contributed by atoms with Gasteiger partial charge in [0.15, 0.2) is 0 Å². The second-order valence-electron chi connectivity index (χ2n) is 4.42. The van der Waals surface area contributed by atoms with Crippen molar-refractivity contribution in [1.82, 2.24) is 9.80 Å². The van der Waals surface area contributed by atoms with Crippen molar-refractivity contribution in [3.63, 3.8) is 0 Å². The molecule has 0 spiro atoms. The summed E-state index contributed by atoms with van der Waals surface area (Å²) >= 11 is 0. The molecule has 0 bridgehead atoms. The van der Waals surface area contributed by atoms with Gasteiger partial charge in [0.05, 0.1) is 13.4 Å². The SMILES string of the molecule is COC(=O)N1CCN(C(=O)CCc2ccco2)CC1. The Labute approximate surface area is 111 Å². The highest BCUT2D eigenvalue weighted by Gasteiger charge is 2.24. The molecule has 2 amide bonds. The zero-order chi connectivity index (χ0) is 13.7. The third-order valence-electron chi connectivity index (χ3n) is 3.23. The van der Waals surface area contributed by atoms with Gasteiger partial charge in [0.1, 0.15) is 5.76 Å². The highest BCUT2D eigenvalue weighted by molar-refractivity contribution is 5.77. The number of nitrogens with zero attached hydrogens (tertiary/aromatic N) is 2. The van der Waals surface area contributed by atoms with E-state index in [1.54, 1.807) is 16.1 Å². The number of amides is 2. The molecule has 1 aliphatic rings. The highest BCUT2D eigenvalue weighted by atomic mass is 16.5. The molecule has 0 aromatic carbocycles. The van der Waals surface area contributed by atoms with E-state index in [9.17, 15) is 9.59 Å². The molecule has 0 aliphatic carbocycles. The molecule has 6 nitrogen and oxygen atoms in total. The van der Waals surface area contributed by atoms with Gasteiger partial charge >= 0.3 is 6.09 Å². The van der Waals surface area contributed by atoms with E-state index in [-0.39, 0.29) is 12.0 Å². The maximum Gasteiger partial charge on any atom is 0.409 e. The van der Waals surface area contributed by atoms with Crippen molar-refractivity contribution in [2.45, 2.75) is 12.8 Å². The molecular formula is C13H18N2O4. The van der Waals surface area contributed by atoms with E-state index in [0.717, 1.165) is 5.76 Å². The third kappa shape index (κ3) is 3.49. The number of methoxy groups -OCH3 is 1. The van der Waals surface area contributed by atoms with Crippen LogP contribution in [0.4, 0.5) is 4.79 Å². The minimum atomic E-state index is -0.331. The Morgan fingerprint density at radius 3 is 2.53 bits per heavy atom. The van der Waals surface area contributed by atoms with Crippen molar-refractivity contribution >= 4 is 12.0 Å². The summed E-state index contributed by atoms with van der Waals surface area (Å²) in [5, 5.41) is 0. The Morgan fingerprint density at radius 2 is 1.95 bits per heavy atom. The van der Waals surface area contributed by atoms with Crippen molar-refractivity contribution in [2.24, 2.45) is 0 Å². The van der Waals surface area contributed by atoms with E-state index in [1.165, 1.54) is 7.11 Å². The molecule has 0 saturated carbocycles. The molecule has 0 N–H and O–H groups in total. The Balaban J connectivity index is 1.74. The van der Waals surface area contributed by atoms with E-state index in [1.807, 2.05) is 12.1 Å². The molecule has 1 aromatic heterocycles. The van der Waals surface area contributed by atoms with Crippen LogP contribution < -0.4 is 0 Å². The molecule has 104 valence electrons. The summed E-state index contributed by atoms with van der Waals surface area (Å²) in [5.74, 6) is 0.919. The largest absolute Gasteiger partial charge is 0.469 e. The highest BCUT2D eigenvalue weighted by Crippen LogP contribution is 2.08. The van der Waals surface area contributed by atoms with Gasteiger partial charge in [0.25, 0.3) is 0 Å². The van der Waals surface area contributed by atoms with E-state index in [2.05, 4.69) is 4.74 Å². The summed E-state index contributed by atoms with van der Waals surface area (Å²) in [7, 11) is 1.36. The summed E-state index contributed by atoms with van der Waals surface area (Å²) in [6.45, 7) is 2.18. The fourth-order valence-corrected chi connectivity index (χ4v) is 2.11. The van der Waals surface area contributed by atoms with Gasteiger partial charge in [0, 0.05) is 39.0 Å². The van der Waals surface area contributed by atoms with E-state index in [0.29, 0.717) is 39.0 Å². The summed E-state index contributed by atoms with van der Waals surface area (Å²) in [5.41, 5.74) is 0. The lowest BCUT2D eigenvalue weighted by atomic mass is 10.2. The van der Waals surface area contributed by atoms with Gasteiger partial charge < -0.3 is 19.0 Å². The predicted octanol–water partition coefficient (Wildman–Crippen LogP) is 1.12. The maximum absolute atomic E-state index is 12.0. The lowest BCUT2D eigenvalue weighted by molar-refractivity contribution is -0.132. The Bertz CT molecular complexity index is 422. The number of aryl methyl sites for hydroxylation is 1. The molecular weight excluding hydrogens is 248 g/mol. The zero-order valence-corrected chi connectivity index (χ0v) is 11.0. The number of ether oxygens (including phenoxy) is 1. The summed E-state index contributed by atoms with van der Waals surface area (Å²) in [4.78, 5) is 26.7. The maximum atomic E-state index is 12.0. The molecule has 0 atom stereocenters. The number of carbonyl (C=O) groups excluding carboxylic acids is 2. The van der Waals surface area contributed by atoms with Crippen molar-refractivity contribution in [3.05, 3.63) is 24.2 Å². The quantitative estimate of drug-likeness (QED) is 0.822. The molecule has 6 heteroatoms. The standard InChI is InChI=1S/C13H18N2O4/c1-18-13(17)15-8-6-14(7-9-15)12(16)5-4-11-3-2-10-19-11/h2-3,10H,4-9H2,1H3. The summed E-state index contributed by atoms with van der Waals surface area (Å²) in [6, 6.07) is 3.68. The van der Waals surface area contributed by atoms with Crippen LogP contribution in [0.1, 0.15) is 12.2 Å². The minimum Gasteiger partial charge on any atom is -0.469 e. The van der Waals surface area contributed by atoms with Crippen LogP contribution in [0, 0.1) is 0 Å². The molecule has 19 heavy (non-hydrogen) atoms. The smallest absolute Gasteiger partial charge is 0.409 e. The van der Waals surface area contributed by atoms with Crippen molar-refractivity contribution in [3.8, 4) is 0 Å². The third-order valence-corrected chi connectivity index (χ3v) is 3.23. The molecule has 1 aromatic rings. The van der Waals surface area contributed by atoms with Crippen LogP contribution in [0.15, 0.2) is 22.8 Å². The molecule has 1 fully saturated rings. The van der Waals surface area contributed by atoms with Crippen LogP contribution >= 0.6 is 0 Å². The number of furan rings is 1. The average molecular weight is 266 g/mol. The fourth-order valence-electron chi connectivity index (χ4n) is 2.11. The second-order valence-corrected chi connectivity index (χ2v) is 4.42. The van der Waals surface area contributed by atoms with Gasteiger partial charge in [-0.3, -0.25) is 4.79 Å². The Morgan fingerprint density at radius 1 is 1.26 bits per heavy atom. The first kappa shape index (κ1) is 13.5. The summed E-state index contributed by atoms with van der Waals surface area (Å²) in [6.07, 6.45) is 2.33. The van der Waals surface area contributed by atoms with Gasteiger partial charge in [-0.2, -0.15) is 0 Å². The van der Waals surface area contributed by atoms with Crippen LogP contribution in [-0.2, 0) is 16.0 Å². The van der Waals surface area contributed by atoms with Crippen molar-refractivity contribution in [2.75, 3.05) is 33.3 Å². The van der Waals surface area contributed by atoms with Crippen LogP contribution in [0.25, 0.3) is 0 Å². The molecule has 0 radical (unpaired) electrons. The number of rotatable bonds is 3. The molecule has 2 rings (SSSR count). The summed E-state index contributed by atoms with van der Waals surface area (Å²) < 4.78 is 9.85. The van der Waals surface area contributed by atoms with E-state index >= 15 is 0 Å². The lowest BCUT2D eigenvalue weighted by Crippen LogP contribution is -2.50. The number of piperazine rings is 1. The molecule has 1 saturated heterocycles. The Kier molecular flexibility index (Phi) is 4.43. The fraction of sp³-hybridized carbons (Fsp3) is 0.538. The predicted molar refractivity (Wildman–Crippen MR) is 67.6 cm³/mol. The first-order chi connectivity index (χ1) is 9.20. The van der Waals surface area contributed by atoms with Gasteiger partial charge in [-0.05, 0) is 12.1 Å². The first-order valence-electron chi connectivity index (χ1n) is 6.34. The minimum absolute atomic E-state index is 0.0981. The average Bonchev–Trinajstić information content (AvgIpc) is 2.97.